The number of imidazole rings is 1. The van der Waals surface area contributed by atoms with Crippen LogP contribution < -0.4 is 14.2 Å². The zero-order valence-electron chi connectivity index (χ0n) is 17.5. The van der Waals surface area contributed by atoms with Gasteiger partial charge in [0.1, 0.15) is 18.2 Å². The number of carboxylic acids is 1. The van der Waals surface area contributed by atoms with Crippen LogP contribution in [0.3, 0.4) is 0 Å². The highest BCUT2D eigenvalue weighted by Crippen LogP contribution is 2.42. The van der Waals surface area contributed by atoms with E-state index in [1.165, 1.54) is 0 Å². The molecule has 1 aromatic carbocycles. The zero-order valence-corrected chi connectivity index (χ0v) is 17.5. The van der Waals surface area contributed by atoms with Gasteiger partial charge >= 0.3 is 5.97 Å². The Morgan fingerprint density at radius 1 is 1.28 bits per heavy atom. The van der Waals surface area contributed by atoms with Gasteiger partial charge in [-0.05, 0) is 36.8 Å². The fourth-order valence-electron chi connectivity index (χ4n) is 3.74. The first-order valence-electron chi connectivity index (χ1n) is 10.0. The first-order valence-corrected chi connectivity index (χ1v) is 10.0. The van der Waals surface area contributed by atoms with Crippen molar-refractivity contribution in [3.8, 4) is 28.4 Å². The second-order valence-electron chi connectivity index (χ2n) is 7.50. The number of aromatic nitrogens is 4. The lowest BCUT2D eigenvalue weighted by atomic mass is 10.1. The second-order valence-corrected chi connectivity index (χ2v) is 7.50. The maximum atomic E-state index is 11.9. The third-order valence-corrected chi connectivity index (χ3v) is 5.20. The number of pyridine rings is 2. The number of aromatic carboxylic acids is 1. The number of ether oxygens (including phenoxy) is 3. The molecule has 0 fully saturated rings. The smallest absolute Gasteiger partial charge is 0.372 e. The number of hydrogen-bond acceptors (Lipinski definition) is 7. The molecule has 5 rings (SSSR count). The maximum Gasteiger partial charge on any atom is 0.372 e. The Morgan fingerprint density at radius 3 is 2.91 bits per heavy atom. The molecule has 0 bridgehead atoms. The van der Waals surface area contributed by atoms with Gasteiger partial charge in [0.2, 0.25) is 11.6 Å². The Balaban J connectivity index is 1.58. The fourth-order valence-corrected chi connectivity index (χ4v) is 3.74. The number of benzene rings is 1. The lowest BCUT2D eigenvalue weighted by Crippen LogP contribution is -2.26. The predicted molar refractivity (Wildman–Crippen MR) is 115 cm³/mol. The number of methoxy groups -OCH3 is 1. The molecule has 1 atom stereocenters. The number of carbonyl (C=O) groups is 1. The van der Waals surface area contributed by atoms with E-state index in [-0.39, 0.29) is 18.5 Å². The number of fused-ring (bicyclic) bond motifs is 2. The van der Waals surface area contributed by atoms with Crippen LogP contribution in [0, 0.1) is 0 Å². The van der Waals surface area contributed by atoms with Crippen molar-refractivity contribution >= 4 is 17.1 Å². The van der Waals surface area contributed by atoms with Gasteiger partial charge in [-0.25, -0.2) is 14.8 Å². The lowest BCUT2D eigenvalue weighted by Gasteiger charge is -2.26. The molecule has 0 radical (unpaired) electrons. The van der Waals surface area contributed by atoms with Crippen LogP contribution in [0.5, 0.6) is 17.2 Å². The van der Waals surface area contributed by atoms with Crippen LogP contribution in [-0.4, -0.2) is 50.4 Å². The molecule has 1 N–H and O–H groups in total. The molecule has 1 aliphatic rings. The minimum Gasteiger partial charge on any atom is -0.493 e. The average Bonchev–Trinajstić information content (AvgIpc) is 3.17. The summed E-state index contributed by atoms with van der Waals surface area (Å²) in [5.41, 5.74) is 3.42. The zero-order chi connectivity index (χ0) is 22.2. The van der Waals surface area contributed by atoms with E-state index in [1.54, 1.807) is 30.3 Å². The first-order chi connectivity index (χ1) is 15.5. The predicted octanol–water partition coefficient (Wildman–Crippen LogP) is 3.41. The highest BCUT2D eigenvalue weighted by Gasteiger charge is 2.24. The summed E-state index contributed by atoms with van der Waals surface area (Å²) >= 11 is 0. The quantitative estimate of drug-likeness (QED) is 0.511. The molecule has 4 aromatic rings. The van der Waals surface area contributed by atoms with Gasteiger partial charge in [0, 0.05) is 29.7 Å². The molecule has 1 unspecified atom stereocenters. The third-order valence-electron chi connectivity index (χ3n) is 5.20. The minimum absolute atomic E-state index is 0.0864. The fraction of sp³-hybridized carbons (Fsp3) is 0.217. The molecule has 0 amide bonds. The molecule has 1 aliphatic heterocycles. The highest BCUT2D eigenvalue weighted by molar-refractivity contribution is 5.89. The maximum absolute atomic E-state index is 11.9. The van der Waals surface area contributed by atoms with Gasteiger partial charge in [0.05, 0.1) is 13.7 Å². The van der Waals surface area contributed by atoms with Crippen LogP contribution in [-0.2, 0) is 6.54 Å². The van der Waals surface area contributed by atoms with Crippen molar-refractivity contribution in [3.63, 3.8) is 0 Å². The van der Waals surface area contributed by atoms with Crippen molar-refractivity contribution in [2.75, 3.05) is 13.7 Å². The normalized spacial score (nSPS) is 15.0. The van der Waals surface area contributed by atoms with E-state index in [9.17, 15) is 9.90 Å². The van der Waals surface area contributed by atoms with Crippen molar-refractivity contribution < 1.29 is 24.1 Å². The van der Waals surface area contributed by atoms with Crippen LogP contribution >= 0.6 is 0 Å². The first kappa shape index (κ1) is 19.8. The van der Waals surface area contributed by atoms with Crippen LogP contribution in [0.2, 0.25) is 0 Å². The van der Waals surface area contributed by atoms with Crippen LogP contribution in [0.4, 0.5) is 0 Å². The van der Waals surface area contributed by atoms with E-state index < -0.39 is 5.97 Å². The van der Waals surface area contributed by atoms with E-state index in [0.717, 1.165) is 16.7 Å². The number of nitrogens with zero attached hydrogens (tertiary/aromatic N) is 4. The number of hydrogen-bond donors (Lipinski definition) is 1. The number of rotatable bonds is 5. The molecule has 162 valence electrons. The topological polar surface area (TPSA) is 109 Å². The van der Waals surface area contributed by atoms with E-state index in [0.29, 0.717) is 35.0 Å². The van der Waals surface area contributed by atoms with Gasteiger partial charge < -0.3 is 19.3 Å². The van der Waals surface area contributed by atoms with E-state index in [4.69, 9.17) is 14.2 Å². The van der Waals surface area contributed by atoms with E-state index >= 15 is 0 Å². The molecule has 0 spiro atoms. The average molecular weight is 432 g/mol. The van der Waals surface area contributed by atoms with Gasteiger partial charge in [-0.1, -0.05) is 6.07 Å². The Hall–Kier alpha value is -4.14. The summed E-state index contributed by atoms with van der Waals surface area (Å²) < 4.78 is 18.7. The summed E-state index contributed by atoms with van der Waals surface area (Å²) in [5.74, 6) is 0.397. The molecule has 9 nitrogen and oxygen atoms in total. The minimum atomic E-state index is -1.13. The van der Waals surface area contributed by atoms with Gasteiger partial charge in [0.15, 0.2) is 17.1 Å². The summed E-state index contributed by atoms with van der Waals surface area (Å²) in [6, 6.07) is 9.19. The Labute approximate surface area is 183 Å². The summed E-state index contributed by atoms with van der Waals surface area (Å²) in [6.07, 6.45) is 5.01. The van der Waals surface area contributed by atoms with Crippen molar-refractivity contribution in [3.05, 3.63) is 60.3 Å². The summed E-state index contributed by atoms with van der Waals surface area (Å²) in [6.45, 7) is 2.56. The second kappa shape index (κ2) is 7.84. The van der Waals surface area contributed by atoms with Crippen molar-refractivity contribution in [2.45, 2.75) is 19.6 Å². The van der Waals surface area contributed by atoms with Gasteiger partial charge in [0.25, 0.3) is 0 Å². The molecule has 4 heterocycles. The van der Waals surface area contributed by atoms with Gasteiger partial charge in [-0.3, -0.25) is 9.55 Å². The standard InChI is InChI=1S/C23H20N4O5/c1-13-12-31-19-7-14(6-18(30-2)20(19)32-13)11-27-21-17(26-22(27)23(28)29)8-16(10-25-21)15-4-3-5-24-9-15/h3-10,13H,11-12H2,1-2H3,(H,28,29). The SMILES string of the molecule is COc1cc(Cn2c(C(=O)O)nc3cc(-c4cccnc4)cnc32)cc2c1OC(C)CO2. The summed E-state index contributed by atoms with van der Waals surface area (Å²) in [5, 5.41) is 9.76. The van der Waals surface area contributed by atoms with Crippen LogP contribution in [0.15, 0.2) is 48.9 Å². The van der Waals surface area contributed by atoms with E-state index in [2.05, 4.69) is 15.0 Å². The van der Waals surface area contributed by atoms with Crippen molar-refractivity contribution in [2.24, 2.45) is 0 Å². The molecule has 0 saturated carbocycles. The molecule has 0 saturated heterocycles. The summed E-state index contributed by atoms with van der Waals surface area (Å²) in [7, 11) is 1.55. The molecular formula is C23H20N4O5. The number of carboxylic acid groups (broad SMARTS) is 1. The van der Waals surface area contributed by atoms with Crippen molar-refractivity contribution in [1.29, 1.82) is 0 Å². The van der Waals surface area contributed by atoms with Crippen LogP contribution in [0.25, 0.3) is 22.3 Å². The molecule has 0 aliphatic carbocycles. The van der Waals surface area contributed by atoms with Gasteiger partial charge in [-0.15, -0.1) is 0 Å². The molecule has 3 aromatic heterocycles. The Morgan fingerprint density at radius 2 is 2.16 bits per heavy atom. The third kappa shape index (κ3) is 3.47. The van der Waals surface area contributed by atoms with Gasteiger partial charge in [-0.2, -0.15) is 0 Å². The molecule has 9 heteroatoms. The molecule has 32 heavy (non-hydrogen) atoms. The molecular weight excluding hydrogens is 412 g/mol. The van der Waals surface area contributed by atoms with E-state index in [1.807, 2.05) is 37.3 Å². The Kier molecular flexibility index (Phi) is 4.85. The largest absolute Gasteiger partial charge is 0.493 e. The highest BCUT2D eigenvalue weighted by atomic mass is 16.6. The lowest BCUT2D eigenvalue weighted by molar-refractivity contribution is 0.0679. The summed E-state index contributed by atoms with van der Waals surface area (Å²) in [4.78, 5) is 24.9. The van der Waals surface area contributed by atoms with Crippen LogP contribution in [0.1, 0.15) is 23.1 Å². The van der Waals surface area contributed by atoms with Crippen molar-refractivity contribution in [1.82, 2.24) is 19.5 Å². The Bertz CT molecular complexity index is 1300. The monoisotopic (exact) mass is 432 g/mol.